The van der Waals surface area contributed by atoms with E-state index in [0.29, 0.717) is 21.8 Å². The van der Waals surface area contributed by atoms with Crippen LogP contribution in [-0.2, 0) is 14.6 Å². The first-order valence-electron chi connectivity index (χ1n) is 12.5. The molecule has 3 atom stereocenters. The fourth-order valence-electron chi connectivity index (χ4n) is 4.55. The molecule has 2 aromatic carbocycles. The number of carbonyl (C=O) groups is 3. The number of nitrogens with zero attached hydrogens (tertiary/aromatic N) is 1. The maximum absolute atomic E-state index is 14.9. The van der Waals surface area contributed by atoms with E-state index >= 15 is 0 Å². The van der Waals surface area contributed by atoms with E-state index < -0.39 is 61.7 Å². The lowest BCUT2D eigenvalue weighted by atomic mass is 9.80. The van der Waals surface area contributed by atoms with E-state index in [4.69, 9.17) is 4.74 Å². The van der Waals surface area contributed by atoms with Crippen LogP contribution in [0.2, 0.25) is 0 Å². The van der Waals surface area contributed by atoms with Crippen molar-refractivity contribution >= 4 is 67.2 Å². The van der Waals surface area contributed by atoms with E-state index in [9.17, 15) is 45.5 Å². The number of benzene rings is 2. The quantitative estimate of drug-likeness (QED) is 0.115. The number of allylic oxidation sites excluding steroid dienone is 1. The van der Waals surface area contributed by atoms with Crippen LogP contribution in [-0.4, -0.2) is 59.4 Å². The first-order chi connectivity index (χ1) is 20.7. The number of ether oxygens (including phenoxy) is 1. The Labute approximate surface area is 265 Å². The summed E-state index contributed by atoms with van der Waals surface area (Å²) in [5.41, 5.74) is -6.00. The second-order valence-corrected chi connectivity index (χ2v) is 13.3. The molecule has 3 aromatic rings. The van der Waals surface area contributed by atoms with Crippen LogP contribution in [0.4, 0.5) is 23.2 Å². The molecule has 0 saturated heterocycles. The summed E-state index contributed by atoms with van der Waals surface area (Å²) in [6.45, 7) is 0. The minimum absolute atomic E-state index is 0.00852. The molecule has 17 heteroatoms. The van der Waals surface area contributed by atoms with Gasteiger partial charge in [0.25, 0.3) is 15.7 Å². The summed E-state index contributed by atoms with van der Waals surface area (Å²) < 4.78 is 83.4. The number of carbonyl (C=O) groups excluding carboxylic acids is 2. The van der Waals surface area contributed by atoms with Crippen molar-refractivity contribution in [1.82, 2.24) is 10.3 Å². The Hall–Kier alpha value is -3.58. The smallest absolute Gasteiger partial charge is 0.496 e. The molecule has 0 saturated carbocycles. The van der Waals surface area contributed by atoms with Crippen LogP contribution >= 0.6 is 33.9 Å². The van der Waals surface area contributed by atoms with Gasteiger partial charge in [-0.05, 0) is 36.6 Å². The van der Waals surface area contributed by atoms with E-state index in [1.54, 1.807) is 12.2 Å². The number of methoxy groups -OCH3 is 1. The number of thiazole rings is 1. The number of alkyl halides is 4. The highest BCUT2D eigenvalue weighted by atomic mass is 127. The van der Waals surface area contributed by atoms with Crippen molar-refractivity contribution in [2.75, 3.05) is 16.9 Å². The standard InChI is InChI=1S/C27H22F4IN3O7S2/c1-42-20-10-18(28)16(25-33-12-21(43-25)26(38)39)9-17(20)23(36)35-19-7-2-4-13(11-32)22(19)24(37)34-14-5-3-6-15(8-14)44(40,41)27(29,30)31/h2-6,8-10,12-13,19,22H,7,11H2,1H3,(H,34,37)(H,35,36)(H,38,39)/t13-,19-,22+/m1/s1. The van der Waals surface area contributed by atoms with Crippen LogP contribution in [0, 0.1) is 17.7 Å². The zero-order chi connectivity index (χ0) is 32.4. The highest BCUT2D eigenvalue weighted by Crippen LogP contribution is 2.35. The second-order valence-electron chi connectivity index (χ2n) is 9.42. The van der Waals surface area contributed by atoms with Gasteiger partial charge in [-0.2, -0.15) is 13.2 Å². The number of hydrogen-bond acceptors (Lipinski definition) is 8. The Bertz CT molecular complexity index is 1740. The highest BCUT2D eigenvalue weighted by Gasteiger charge is 2.47. The number of anilines is 1. The van der Waals surface area contributed by atoms with E-state index in [-0.39, 0.29) is 38.9 Å². The van der Waals surface area contributed by atoms with Crippen molar-refractivity contribution in [2.45, 2.75) is 22.9 Å². The van der Waals surface area contributed by atoms with Crippen LogP contribution < -0.4 is 15.4 Å². The number of carboxylic acid groups (broad SMARTS) is 1. The van der Waals surface area contributed by atoms with Gasteiger partial charge >= 0.3 is 11.5 Å². The number of nitrogens with one attached hydrogen (secondary N) is 2. The number of halogens is 5. The molecule has 0 unspecified atom stereocenters. The Morgan fingerprint density at radius 2 is 1.93 bits per heavy atom. The van der Waals surface area contributed by atoms with E-state index in [2.05, 4.69) is 15.6 Å². The van der Waals surface area contributed by atoms with Gasteiger partial charge in [0.1, 0.15) is 21.5 Å². The molecule has 234 valence electrons. The topological polar surface area (TPSA) is 152 Å². The van der Waals surface area contributed by atoms with E-state index in [0.717, 1.165) is 30.5 Å². The summed E-state index contributed by atoms with van der Waals surface area (Å²) in [5.74, 6) is -5.01. The molecule has 4 rings (SSSR count). The number of rotatable bonds is 9. The fraction of sp³-hybridized carbons (Fsp3) is 0.259. The second kappa shape index (κ2) is 13.2. The zero-order valence-corrected chi connectivity index (χ0v) is 26.2. The Kier molecular flexibility index (Phi) is 9.99. The third-order valence-electron chi connectivity index (χ3n) is 6.66. The van der Waals surface area contributed by atoms with Crippen molar-refractivity contribution in [3.05, 3.63) is 71.0 Å². The Balaban J connectivity index is 1.62. The van der Waals surface area contributed by atoms with Gasteiger partial charge in [0.2, 0.25) is 5.91 Å². The van der Waals surface area contributed by atoms with Crippen molar-refractivity contribution in [2.24, 2.45) is 11.8 Å². The molecule has 44 heavy (non-hydrogen) atoms. The van der Waals surface area contributed by atoms with Crippen LogP contribution in [0.3, 0.4) is 0 Å². The third-order valence-corrected chi connectivity index (χ3v) is 10.2. The molecule has 0 fully saturated rings. The van der Waals surface area contributed by atoms with Crippen molar-refractivity contribution in [3.8, 4) is 16.3 Å². The van der Waals surface area contributed by atoms with Crippen LogP contribution in [0.1, 0.15) is 26.5 Å². The summed E-state index contributed by atoms with van der Waals surface area (Å²) >= 11 is 2.74. The fourth-order valence-corrected chi connectivity index (χ4v) is 6.97. The lowest BCUT2D eigenvalue weighted by Gasteiger charge is -2.34. The lowest BCUT2D eigenvalue weighted by molar-refractivity contribution is -0.121. The average molecular weight is 768 g/mol. The van der Waals surface area contributed by atoms with Gasteiger partial charge in [0, 0.05) is 27.8 Å². The predicted molar refractivity (Wildman–Crippen MR) is 160 cm³/mol. The Morgan fingerprint density at radius 1 is 1.20 bits per heavy atom. The zero-order valence-electron chi connectivity index (χ0n) is 22.4. The summed E-state index contributed by atoms with van der Waals surface area (Å²) in [7, 11) is -4.44. The first kappa shape index (κ1) is 33.3. The van der Waals surface area contributed by atoms with Gasteiger partial charge in [0.15, 0.2) is 0 Å². The average Bonchev–Trinajstić information content (AvgIpc) is 3.46. The highest BCUT2D eigenvalue weighted by molar-refractivity contribution is 14.1. The molecule has 1 aliphatic rings. The summed E-state index contributed by atoms with van der Waals surface area (Å²) in [6, 6.07) is 5.02. The molecule has 3 N–H and O–H groups in total. The maximum atomic E-state index is 14.9. The Morgan fingerprint density at radius 3 is 2.55 bits per heavy atom. The molecule has 1 aromatic heterocycles. The number of aromatic carboxylic acids is 1. The minimum Gasteiger partial charge on any atom is -0.496 e. The minimum atomic E-state index is -5.66. The molecule has 10 nitrogen and oxygen atoms in total. The molecular formula is C27H22F4IN3O7S2. The normalized spacial score (nSPS) is 18.5. The SMILES string of the molecule is COc1cc(F)c(-c2ncc(C(=O)O)s2)cc1C(=O)N[C@@H]1CC=C[C@H](CI)[C@@H]1C(=O)Nc1cccc(S(=O)(=O)C(F)(F)F)c1. The van der Waals surface area contributed by atoms with E-state index in [1.165, 1.54) is 13.2 Å². The van der Waals surface area contributed by atoms with Gasteiger partial charge in [-0.3, -0.25) is 9.59 Å². The van der Waals surface area contributed by atoms with Crippen LogP contribution in [0.5, 0.6) is 5.75 Å². The van der Waals surface area contributed by atoms with Gasteiger partial charge in [0.05, 0.1) is 29.7 Å². The number of sulfone groups is 1. The molecule has 2 amide bonds. The molecular weight excluding hydrogens is 745 g/mol. The van der Waals surface area contributed by atoms with Crippen LogP contribution in [0.25, 0.3) is 10.6 Å². The van der Waals surface area contributed by atoms with Gasteiger partial charge in [-0.15, -0.1) is 11.3 Å². The van der Waals surface area contributed by atoms with Crippen LogP contribution in [0.15, 0.2) is 59.6 Å². The summed E-state index contributed by atoms with van der Waals surface area (Å²) in [6.07, 6.45) is 4.76. The predicted octanol–water partition coefficient (Wildman–Crippen LogP) is 5.31. The monoisotopic (exact) mass is 767 g/mol. The number of hydrogen-bond donors (Lipinski definition) is 3. The molecule has 0 bridgehead atoms. The van der Waals surface area contributed by atoms with E-state index in [1.807, 2.05) is 22.6 Å². The van der Waals surface area contributed by atoms with Gasteiger partial charge < -0.3 is 20.5 Å². The van der Waals surface area contributed by atoms with Gasteiger partial charge in [-0.25, -0.2) is 22.6 Å². The number of aromatic nitrogens is 1. The van der Waals surface area contributed by atoms with Crippen molar-refractivity contribution < 1.29 is 50.2 Å². The van der Waals surface area contributed by atoms with Crippen molar-refractivity contribution in [3.63, 3.8) is 0 Å². The van der Waals surface area contributed by atoms with Gasteiger partial charge in [-0.1, -0.05) is 40.8 Å². The summed E-state index contributed by atoms with van der Waals surface area (Å²) in [5, 5.41) is 14.4. The third kappa shape index (κ3) is 6.88. The lowest BCUT2D eigenvalue weighted by Crippen LogP contribution is -2.49. The molecule has 0 aliphatic heterocycles. The summed E-state index contributed by atoms with van der Waals surface area (Å²) in [4.78, 5) is 41.0. The van der Waals surface area contributed by atoms with Crippen molar-refractivity contribution in [1.29, 1.82) is 0 Å². The maximum Gasteiger partial charge on any atom is 0.501 e. The molecule has 1 aliphatic carbocycles. The molecule has 0 spiro atoms. The number of carboxylic acids is 1. The first-order valence-corrected chi connectivity index (χ1v) is 16.3. The molecule has 1 heterocycles. The number of amides is 2. The molecule has 0 radical (unpaired) electrons. The largest absolute Gasteiger partial charge is 0.501 e.